The molecule has 0 saturated heterocycles. The van der Waals surface area contributed by atoms with Crippen LogP contribution < -0.4 is 5.32 Å². The quantitative estimate of drug-likeness (QED) is 0.880. The minimum Gasteiger partial charge on any atom is -0.368 e. The zero-order valence-electron chi connectivity index (χ0n) is 11.6. The molecular weight excluding hydrogens is 353 g/mol. The van der Waals surface area contributed by atoms with Crippen molar-refractivity contribution in [3.8, 4) is 0 Å². The summed E-state index contributed by atoms with van der Waals surface area (Å²) in [6.07, 6.45) is -3.90. The Labute approximate surface area is 136 Å². The number of alkyl halides is 3. The number of pyridine rings is 1. The van der Waals surface area contributed by atoms with Crippen LogP contribution in [0.25, 0.3) is 0 Å². The first-order chi connectivity index (χ1) is 10.7. The van der Waals surface area contributed by atoms with E-state index in [0.717, 1.165) is 6.07 Å². The molecule has 0 fully saturated rings. The van der Waals surface area contributed by atoms with Gasteiger partial charge < -0.3 is 5.32 Å². The van der Waals surface area contributed by atoms with Gasteiger partial charge in [-0.05, 0) is 18.2 Å². The van der Waals surface area contributed by atoms with Crippen molar-refractivity contribution in [2.45, 2.75) is 11.1 Å². The van der Waals surface area contributed by atoms with Crippen molar-refractivity contribution in [3.63, 3.8) is 0 Å². The van der Waals surface area contributed by atoms with E-state index in [1.165, 1.54) is 12.1 Å². The van der Waals surface area contributed by atoms with Crippen molar-refractivity contribution >= 4 is 27.3 Å². The van der Waals surface area contributed by atoms with Gasteiger partial charge in [-0.15, -0.1) is 0 Å². The van der Waals surface area contributed by atoms with Crippen molar-refractivity contribution in [3.05, 3.63) is 53.2 Å². The van der Waals surface area contributed by atoms with Crippen LogP contribution >= 0.6 is 11.6 Å². The number of rotatable bonds is 5. The Morgan fingerprint density at radius 1 is 1.17 bits per heavy atom. The van der Waals surface area contributed by atoms with Gasteiger partial charge in [-0.2, -0.15) is 13.2 Å². The normalized spacial score (nSPS) is 12.2. The van der Waals surface area contributed by atoms with Gasteiger partial charge in [0.25, 0.3) is 0 Å². The van der Waals surface area contributed by atoms with Crippen LogP contribution in [-0.2, 0) is 16.0 Å². The van der Waals surface area contributed by atoms with E-state index in [0.29, 0.717) is 6.20 Å². The SMILES string of the molecule is O=S(=O)(CCNc1ncc(C(F)(F)F)cc1Cl)c1ccccc1. The highest BCUT2D eigenvalue weighted by atomic mass is 35.5. The maximum atomic E-state index is 12.5. The molecule has 1 aromatic heterocycles. The highest BCUT2D eigenvalue weighted by Crippen LogP contribution is 2.32. The first-order valence-corrected chi connectivity index (χ1v) is 8.47. The van der Waals surface area contributed by atoms with Crippen LogP contribution in [0, 0.1) is 0 Å². The summed E-state index contributed by atoms with van der Waals surface area (Å²) >= 11 is 5.73. The Bertz CT molecular complexity index is 780. The number of sulfone groups is 1. The molecule has 4 nitrogen and oxygen atoms in total. The van der Waals surface area contributed by atoms with Crippen molar-refractivity contribution in [1.29, 1.82) is 0 Å². The third-order valence-electron chi connectivity index (χ3n) is 2.93. The van der Waals surface area contributed by atoms with Crippen LogP contribution in [0.5, 0.6) is 0 Å². The summed E-state index contributed by atoms with van der Waals surface area (Å²) in [6, 6.07) is 8.59. The zero-order valence-corrected chi connectivity index (χ0v) is 13.2. The summed E-state index contributed by atoms with van der Waals surface area (Å²) in [6.45, 7) is -0.0324. The third-order valence-corrected chi connectivity index (χ3v) is 4.95. The molecule has 1 heterocycles. The maximum absolute atomic E-state index is 12.5. The van der Waals surface area contributed by atoms with Gasteiger partial charge in [-0.1, -0.05) is 29.8 Å². The molecule has 0 aliphatic heterocycles. The van der Waals surface area contributed by atoms with E-state index < -0.39 is 21.6 Å². The molecular formula is C14H12ClF3N2O2S. The molecule has 9 heteroatoms. The molecule has 2 aromatic rings. The molecule has 124 valence electrons. The zero-order chi connectivity index (χ0) is 17.1. The summed E-state index contributed by atoms with van der Waals surface area (Å²) < 4.78 is 61.6. The average molecular weight is 365 g/mol. The summed E-state index contributed by atoms with van der Waals surface area (Å²) in [5, 5.41) is 2.40. The molecule has 0 saturated carbocycles. The smallest absolute Gasteiger partial charge is 0.368 e. The van der Waals surface area contributed by atoms with Gasteiger partial charge in [0.05, 0.1) is 21.2 Å². The number of benzene rings is 1. The highest BCUT2D eigenvalue weighted by molar-refractivity contribution is 7.91. The van der Waals surface area contributed by atoms with Crippen LogP contribution in [-0.4, -0.2) is 25.7 Å². The minimum atomic E-state index is -4.54. The van der Waals surface area contributed by atoms with E-state index in [-0.39, 0.29) is 28.0 Å². The fourth-order valence-corrected chi connectivity index (χ4v) is 3.18. The van der Waals surface area contributed by atoms with Gasteiger partial charge >= 0.3 is 6.18 Å². The van der Waals surface area contributed by atoms with Gasteiger partial charge in [0.2, 0.25) is 0 Å². The maximum Gasteiger partial charge on any atom is 0.417 e. The molecule has 0 aliphatic rings. The van der Waals surface area contributed by atoms with Crippen LogP contribution in [0.15, 0.2) is 47.5 Å². The van der Waals surface area contributed by atoms with Gasteiger partial charge in [-0.3, -0.25) is 0 Å². The average Bonchev–Trinajstić information content (AvgIpc) is 2.48. The van der Waals surface area contributed by atoms with E-state index >= 15 is 0 Å². The third kappa shape index (κ3) is 4.59. The van der Waals surface area contributed by atoms with E-state index in [2.05, 4.69) is 10.3 Å². The molecule has 0 unspecified atom stereocenters. The number of nitrogens with zero attached hydrogens (tertiary/aromatic N) is 1. The lowest BCUT2D eigenvalue weighted by molar-refractivity contribution is -0.137. The predicted octanol–water partition coefficient (Wildman–Crippen LogP) is 3.64. The summed E-state index contributed by atoms with van der Waals surface area (Å²) in [7, 11) is -3.49. The van der Waals surface area contributed by atoms with Crippen LogP contribution in [0.4, 0.5) is 19.0 Å². The van der Waals surface area contributed by atoms with Crippen molar-refractivity contribution in [2.24, 2.45) is 0 Å². The number of nitrogens with one attached hydrogen (secondary N) is 1. The monoisotopic (exact) mass is 364 g/mol. The lowest BCUT2D eigenvalue weighted by Crippen LogP contribution is -2.17. The molecule has 0 spiro atoms. The molecule has 0 aliphatic carbocycles. The number of hydrogen-bond donors (Lipinski definition) is 1. The fraction of sp³-hybridized carbons (Fsp3) is 0.214. The molecule has 0 atom stereocenters. The summed E-state index contributed by atoms with van der Waals surface area (Å²) in [4.78, 5) is 3.75. The Balaban J connectivity index is 2.02. The molecule has 0 amide bonds. The Morgan fingerprint density at radius 3 is 2.39 bits per heavy atom. The molecule has 2 rings (SSSR count). The standard InChI is InChI=1S/C14H12ClF3N2O2S/c15-12-8-10(14(16,17)18)9-20-13(12)19-6-7-23(21,22)11-4-2-1-3-5-11/h1-5,8-9H,6-7H2,(H,19,20). The van der Waals surface area contributed by atoms with E-state index in [1.807, 2.05) is 0 Å². The molecule has 23 heavy (non-hydrogen) atoms. The number of aromatic nitrogens is 1. The largest absolute Gasteiger partial charge is 0.417 e. The Hall–Kier alpha value is -1.80. The van der Waals surface area contributed by atoms with Crippen LogP contribution in [0.1, 0.15) is 5.56 Å². The minimum absolute atomic E-state index is 0.00271. The first-order valence-electron chi connectivity index (χ1n) is 6.44. The summed E-state index contributed by atoms with van der Waals surface area (Å²) in [5.74, 6) is -0.237. The van der Waals surface area contributed by atoms with Crippen LogP contribution in [0.3, 0.4) is 0 Å². The summed E-state index contributed by atoms with van der Waals surface area (Å²) in [5.41, 5.74) is -0.968. The first kappa shape index (κ1) is 17.6. The Kier molecular flexibility index (Phi) is 5.16. The van der Waals surface area contributed by atoms with Crippen molar-refractivity contribution < 1.29 is 21.6 Å². The highest BCUT2D eigenvalue weighted by Gasteiger charge is 2.31. The van der Waals surface area contributed by atoms with Gasteiger partial charge in [0, 0.05) is 12.7 Å². The molecule has 1 N–H and O–H groups in total. The van der Waals surface area contributed by atoms with E-state index in [9.17, 15) is 21.6 Å². The lowest BCUT2D eigenvalue weighted by atomic mass is 10.3. The predicted molar refractivity (Wildman–Crippen MR) is 81.2 cm³/mol. The van der Waals surface area contributed by atoms with Gasteiger partial charge in [-0.25, -0.2) is 13.4 Å². The second-order valence-electron chi connectivity index (χ2n) is 4.61. The topological polar surface area (TPSA) is 59.1 Å². The van der Waals surface area contributed by atoms with Crippen molar-refractivity contribution in [1.82, 2.24) is 4.98 Å². The molecule has 0 bridgehead atoms. The van der Waals surface area contributed by atoms with Crippen molar-refractivity contribution in [2.75, 3.05) is 17.6 Å². The number of anilines is 1. The fourth-order valence-electron chi connectivity index (χ4n) is 1.77. The number of hydrogen-bond acceptors (Lipinski definition) is 4. The molecule has 0 radical (unpaired) electrons. The van der Waals surface area contributed by atoms with Gasteiger partial charge in [0.1, 0.15) is 5.82 Å². The van der Waals surface area contributed by atoms with Crippen LogP contribution in [0.2, 0.25) is 5.02 Å². The second kappa shape index (κ2) is 6.76. The second-order valence-corrected chi connectivity index (χ2v) is 7.13. The van der Waals surface area contributed by atoms with Gasteiger partial charge in [0.15, 0.2) is 9.84 Å². The number of halogens is 4. The molecule has 1 aromatic carbocycles. The van der Waals surface area contributed by atoms with E-state index in [1.54, 1.807) is 18.2 Å². The lowest BCUT2D eigenvalue weighted by Gasteiger charge is -2.11. The van der Waals surface area contributed by atoms with E-state index in [4.69, 9.17) is 11.6 Å². The Morgan fingerprint density at radius 2 is 1.83 bits per heavy atom.